The molecule has 5 nitrogen and oxygen atoms in total. The topological polar surface area (TPSA) is 43.2 Å². The van der Waals surface area contributed by atoms with Crippen molar-refractivity contribution in [1.82, 2.24) is 14.7 Å². The molecule has 0 unspecified atom stereocenters. The molecule has 0 spiro atoms. The molecular weight excluding hydrogens is 417 g/mol. The van der Waals surface area contributed by atoms with Gasteiger partial charge in [-0.1, -0.05) is 0 Å². The van der Waals surface area contributed by atoms with Gasteiger partial charge in [-0.05, 0) is 0 Å². The second-order valence-electron chi connectivity index (χ2n) is 6.26. The van der Waals surface area contributed by atoms with Crippen LogP contribution in [0, 0.1) is 33.7 Å². The zero-order valence-electron chi connectivity index (χ0n) is 13.0. The van der Waals surface area contributed by atoms with Crippen molar-refractivity contribution in [2.75, 3.05) is 39.3 Å². The van der Waals surface area contributed by atoms with Gasteiger partial charge >= 0.3 is 60.4 Å². The summed E-state index contributed by atoms with van der Waals surface area (Å²) in [5.74, 6) is 0.0485. The van der Waals surface area contributed by atoms with Gasteiger partial charge in [0, 0.05) is 45.3 Å². The Morgan fingerprint density at radius 3 is 1.91 bits per heavy atom. The molecule has 3 heterocycles. The second kappa shape index (κ2) is 6.08. The van der Waals surface area contributed by atoms with Crippen LogP contribution in [0.3, 0.4) is 0 Å². The number of carbonyl (C=O) groups excluding carboxylic acids is 2. The molecule has 0 saturated carbocycles. The minimum atomic E-state index is 0.00546. The molecular formula is C17H18LaN3O2. The molecule has 0 atom stereocenters. The van der Waals surface area contributed by atoms with Gasteiger partial charge in [0.25, 0.3) is 0 Å². The van der Waals surface area contributed by atoms with Gasteiger partial charge in [0.15, 0.2) is 0 Å². The first-order chi connectivity index (χ1) is 11.1. The Kier molecular flexibility index (Phi) is 4.07. The molecule has 0 aromatic rings. The molecule has 0 bridgehead atoms. The molecule has 3 saturated heterocycles. The fraction of sp³-hybridized carbons (Fsp3) is 0.412. The van der Waals surface area contributed by atoms with Gasteiger partial charge in [-0.3, -0.25) is 9.59 Å². The summed E-state index contributed by atoms with van der Waals surface area (Å²) < 4.78 is 1.63. The molecule has 0 N–H and O–H groups in total. The number of rotatable bonds is 3. The van der Waals surface area contributed by atoms with Crippen molar-refractivity contribution in [2.45, 2.75) is 6.42 Å². The fourth-order valence-electron chi connectivity index (χ4n) is 2.74. The van der Waals surface area contributed by atoms with E-state index < -0.39 is 0 Å². The molecule has 2 aliphatic carbocycles. The van der Waals surface area contributed by atoms with Crippen molar-refractivity contribution in [2.24, 2.45) is 0 Å². The van der Waals surface area contributed by atoms with E-state index in [2.05, 4.69) is 18.2 Å². The van der Waals surface area contributed by atoms with Gasteiger partial charge in [-0.15, -0.1) is 0 Å². The summed E-state index contributed by atoms with van der Waals surface area (Å²) in [6.45, 7) is 5.41. The van der Waals surface area contributed by atoms with E-state index in [1.54, 1.807) is 1.98 Å². The number of Topliss-reactive ketones (excluding diaryl/α,β-unsaturated/α-hetero) is 1. The molecule has 0 aromatic carbocycles. The van der Waals surface area contributed by atoms with Crippen molar-refractivity contribution >= 4 is 11.6 Å². The Morgan fingerprint density at radius 1 is 0.870 bits per heavy atom. The van der Waals surface area contributed by atoms with E-state index in [1.807, 2.05) is 14.7 Å². The van der Waals surface area contributed by atoms with Gasteiger partial charge < -0.3 is 14.7 Å². The van der Waals surface area contributed by atoms with E-state index in [1.165, 1.54) is 12.5 Å². The summed E-state index contributed by atoms with van der Waals surface area (Å²) in [5.41, 5.74) is 1.89. The van der Waals surface area contributed by atoms with E-state index >= 15 is 0 Å². The van der Waals surface area contributed by atoms with Crippen molar-refractivity contribution < 1.29 is 43.3 Å². The van der Waals surface area contributed by atoms with Crippen molar-refractivity contribution in [1.29, 1.82) is 0 Å². The van der Waals surface area contributed by atoms with E-state index in [4.69, 9.17) is 0 Å². The molecule has 116 valence electrons. The van der Waals surface area contributed by atoms with Crippen LogP contribution in [0.1, 0.15) is 6.42 Å². The van der Waals surface area contributed by atoms with Crippen LogP contribution in [-0.4, -0.2) is 65.5 Å². The summed E-state index contributed by atoms with van der Waals surface area (Å²) in [6.07, 6.45) is 9.32. The quantitative estimate of drug-likeness (QED) is 0.479. The molecule has 5 rings (SSSR count). The normalized spacial score (nSPS) is 24.4. The van der Waals surface area contributed by atoms with E-state index in [-0.39, 0.29) is 11.6 Å². The van der Waals surface area contributed by atoms with Crippen LogP contribution >= 0.6 is 0 Å². The van der Waals surface area contributed by atoms with Crippen LogP contribution in [0.5, 0.6) is 0 Å². The number of allylic oxidation sites excluding steroid dienone is 5. The molecule has 5 aliphatic rings. The Balaban J connectivity index is 0.000000192. The predicted octanol–water partition coefficient (Wildman–Crippen LogP) is 0.560. The molecule has 0 radical (unpaired) electrons. The third-order valence-corrected chi connectivity index (χ3v) is 5.63. The van der Waals surface area contributed by atoms with Crippen molar-refractivity contribution in [3.8, 4) is 0 Å². The Morgan fingerprint density at radius 2 is 1.48 bits per heavy atom. The third kappa shape index (κ3) is 3.39. The Bertz CT molecular complexity index is 693. The number of carbonyl (C=O) groups is 2. The predicted molar refractivity (Wildman–Crippen MR) is 81.7 cm³/mol. The Labute approximate surface area is 158 Å². The molecule has 6 heteroatoms. The van der Waals surface area contributed by atoms with Crippen LogP contribution in [0.15, 0.2) is 43.4 Å². The van der Waals surface area contributed by atoms with Gasteiger partial charge in [0.05, 0.1) is 5.70 Å². The Hall–Kier alpha value is -1.11. The first-order valence-electron chi connectivity index (χ1n) is 8.06. The van der Waals surface area contributed by atoms with Crippen molar-refractivity contribution in [3.05, 3.63) is 43.4 Å². The maximum absolute atomic E-state index is 12.4. The minimum absolute atomic E-state index is 0.00546. The fourth-order valence-corrected chi connectivity index (χ4v) is 3.52. The molecule has 3 fully saturated rings. The maximum atomic E-state index is 12.4. The second-order valence-corrected chi connectivity index (χ2v) is 8.58. The summed E-state index contributed by atoms with van der Waals surface area (Å²) in [5, 5.41) is 0. The number of ketones is 2. The molecule has 23 heavy (non-hydrogen) atoms. The van der Waals surface area contributed by atoms with Crippen molar-refractivity contribution in [3.63, 3.8) is 0 Å². The first kappa shape index (κ1) is 15.4. The summed E-state index contributed by atoms with van der Waals surface area (Å²) in [7, 11) is 0. The summed E-state index contributed by atoms with van der Waals surface area (Å²) in [6, 6.07) is 0. The SMILES string of the molecule is O=C1C=C(N2CC2)C(=O)C(N2CC2)=C1N1CC1.[La][C]1=CC=CC1. The van der Waals surface area contributed by atoms with Crippen LogP contribution in [0.2, 0.25) is 0 Å². The van der Waals surface area contributed by atoms with E-state index in [0.717, 1.165) is 73.0 Å². The molecule has 3 aliphatic heterocycles. The standard InChI is InChI=1S/C12H13N3O2.C5H5.La/c16-9-7-8(13-1-2-13)12(17)11(15-5-6-15)10(9)14-3-4-14;1-2-4-5-3-1;/h7H,1-6H2;1-3H,4H2;. The van der Waals surface area contributed by atoms with Crippen LogP contribution in [-0.2, 0) is 9.59 Å². The molecule has 0 amide bonds. The number of nitrogens with zero attached hydrogens (tertiary/aromatic N) is 3. The monoisotopic (exact) mass is 435 g/mol. The van der Waals surface area contributed by atoms with Crippen LogP contribution in [0.4, 0.5) is 0 Å². The van der Waals surface area contributed by atoms with Crippen LogP contribution < -0.4 is 0 Å². The van der Waals surface area contributed by atoms with E-state index in [9.17, 15) is 9.59 Å². The van der Waals surface area contributed by atoms with Gasteiger partial charge in [0.1, 0.15) is 11.4 Å². The zero-order valence-corrected chi connectivity index (χ0v) is 16.6. The average molecular weight is 435 g/mol. The number of hydrogen-bond donors (Lipinski definition) is 0. The summed E-state index contributed by atoms with van der Waals surface area (Å²) >= 11 is 1.07. The average Bonchev–Trinajstić information content (AvgIpc) is 3.39. The number of hydrogen-bond acceptors (Lipinski definition) is 5. The summed E-state index contributed by atoms with van der Waals surface area (Å²) in [4.78, 5) is 30.5. The zero-order chi connectivity index (χ0) is 16.0. The van der Waals surface area contributed by atoms with Gasteiger partial charge in [-0.25, -0.2) is 0 Å². The van der Waals surface area contributed by atoms with Crippen LogP contribution in [0.25, 0.3) is 0 Å². The van der Waals surface area contributed by atoms with Gasteiger partial charge in [0.2, 0.25) is 11.6 Å². The van der Waals surface area contributed by atoms with Gasteiger partial charge in [-0.2, -0.15) is 0 Å². The van der Waals surface area contributed by atoms with E-state index in [0.29, 0.717) is 17.1 Å². The molecule has 0 aromatic heterocycles. The first-order valence-corrected chi connectivity index (χ1v) is 9.87. The third-order valence-electron chi connectivity index (χ3n) is 4.29.